The Morgan fingerprint density at radius 3 is 2.52 bits per heavy atom. The zero-order valence-corrected chi connectivity index (χ0v) is 14.5. The number of nitrogens with two attached hydrogens (primary N) is 1. The van der Waals surface area contributed by atoms with Gasteiger partial charge in [0, 0.05) is 29.2 Å². The Bertz CT molecular complexity index is 630. The molecule has 1 aromatic rings. The molecule has 0 radical (unpaired) electrons. The SMILES string of the molecule is CC(C)N(CC1CC1)S(=O)(=O)c1cc(Br)cc(CN)c1F. The van der Waals surface area contributed by atoms with Crippen molar-refractivity contribution >= 4 is 26.0 Å². The quantitative estimate of drug-likeness (QED) is 0.827. The molecule has 21 heavy (non-hydrogen) atoms. The van der Waals surface area contributed by atoms with Crippen LogP contribution in [0.3, 0.4) is 0 Å². The standard InChI is InChI=1S/C14H20BrFN2O2S/c1-9(2)18(8-10-3-4-10)21(19,20)13-6-12(15)5-11(7-17)14(13)16/h5-6,9-10H,3-4,7-8,17H2,1-2H3. The lowest BCUT2D eigenvalue weighted by Crippen LogP contribution is -2.39. The van der Waals surface area contributed by atoms with E-state index in [0.29, 0.717) is 16.9 Å². The minimum Gasteiger partial charge on any atom is -0.326 e. The lowest BCUT2D eigenvalue weighted by molar-refractivity contribution is 0.340. The summed E-state index contributed by atoms with van der Waals surface area (Å²) in [6.07, 6.45) is 2.07. The molecule has 0 bridgehead atoms. The van der Waals surface area contributed by atoms with Crippen LogP contribution in [0, 0.1) is 11.7 Å². The zero-order chi connectivity index (χ0) is 15.8. The van der Waals surface area contributed by atoms with Crippen LogP contribution < -0.4 is 5.73 Å². The van der Waals surface area contributed by atoms with Crippen LogP contribution in [-0.4, -0.2) is 25.3 Å². The van der Waals surface area contributed by atoms with Gasteiger partial charge in [0.25, 0.3) is 0 Å². The van der Waals surface area contributed by atoms with Crippen LogP contribution in [-0.2, 0) is 16.6 Å². The fourth-order valence-electron chi connectivity index (χ4n) is 2.22. The summed E-state index contributed by atoms with van der Waals surface area (Å²) in [5.74, 6) is -0.353. The molecule has 0 amide bonds. The molecule has 4 nitrogen and oxygen atoms in total. The molecule has 0 saturated heterocycles. The number of nitrogens with zero attached hydrogens (tertiary/aromatic N) is 1. The minimum atomic E-state index is -3.87. The Morgan fingerprint density at radius 1 is 1.43 bits per heavy atom. The third-order valence-electron chi connectivity index (χ3n) is 3.60. The number of hydrogen-bond acceptors (Lipinski definition) is 3. The van der Waals surface area contributed by atoms with Crippen molar-refractivity contribution in [2.75, 3.05) is 6.54 Å². The molecule has 0 atom stereocenters. The highest BCUT2D eigenvalue weighted by Crippen LogP contribution is 2.34. The van der Waals surface area contributed by atoms with Gasteiger partial charge in [0.2, 0.25) is 10.0 Å². The Hall–Kier alpha value is -0.500. The first-order valence-corrected chi connectivity index (χ1v) is 9.20. The average Bonchev–Trinajstić information content (AvgIpc) is 3.21. The molecule has 1 saturated carbocycles. The van der Waals surface area contributed by atoms with Crippen molar-refractivity contribution in [2.24, 2.45) is 11.7 Å². The molecule has 7 heteroatoms. The maximum Gasteiger partial charge on any atom is 0.246 e. The minimum absolute atomic E-state index is 0.0436. The van der Waals surface area contributed by atoms with Crippen LogP contribution in [0.4, 0.5) is 4.39 Å². The summed E-state index contributed by atoms with van der Waals surface area (Å²) < 4.78 is 41.9. The Morgan fingerprint density at radius 2 is 2.05 bits per heavy atom. The van der Waals surface area contributed by atoms with E-state index in [4.69, 9.17) is 5.73 Å². The normalized spacial score (nSPS) is 16.0. The van der Waals surface area contributed by atoms with Crippen molar-refractivity contribution in [3.8, 4) is 0 Å². The van der Waals surface area contributed by atoms with E-state index in [1.165, 1.54) is 16.4 Å². The Kier molecular flexibility index (Phi) is 5.07. The van der Waals surface area contributed by atoms with Gasteiger partial charge < -0.3 is 5.73 Å². The average molecular weight is 379 g/mol. The predicted molar refractivity (Wildman–Crippen MR) is 83.7 cm³/mol. The lowest BCUT2D eigenvalue weighted by atomic mass is 10.2. The molecule has 1 aliphatic carbocycles. The molecule has 118 valence electrons. The van der Waals surface area contributed by atoms with Gasteiger partial charge in [-0.05, 0) is 44.7 Å². The zero-order valence-electron chi connectivity index (χ0n) is 12.1. The van der Waals surface area contributed by atoms with E-state index in [-0.39, 0.29) is 23.0 Å². The molecule has 1 aromatic carbocycles. The first-order valence-electron chi connectivity index (χ1n) is 6.97. The van der Waals surface area contributed by atoms with Gasteiger partial charge in [-0.15, -0.1) is 0 Å². The first kappa shape index (κ1) is 16.9. The second-order valence-corrected chi connectivity index (χ2v) is 8.47. The van der Waals surface area contributed by atoms with Crippen LogP contribution in [0.5, 0.6) is 0 Å². The summed E-state index contributed by atoms with van der Waals surface area (Å²) in [6.45, 7) is 4.02. The number of rotatable bonds is 6. The molecule has 2 rings (SSSR count). The summed E-state index contributed by atoms with van der Waals surface area (Å²) in [5.41, 5.74) is 5.68. The van der Waals surface area contributed by atoms with E-state index < -0.39 is 15.8 Å². The van der Waals surface area contributed by atoms with Crippen LogP contribution in [0.2, 0.25) is 0 Å². The summed E-state index contributed by atoms with van der Waals surface area (Å²) in [6, 6.07) is 2.61. The summed E-state index contributed by atoms with van der Waals surface area (Å²) in [7, 11) is -3.87. The van der Waals surface area contributed by atoms with Crippen LogP contribution in [0.1, 0.15) is 32.3 Å². The Labute approximate surface area is 133 Å². The van der Waals surface area contributed by atoms with Gasteiger partial charge >= 0.3 is 0 Å². The highest BCUT2D eigenvalue weighted by molar-refractivity contribution is 9.10. The van der Waals surface area contributed by atoms with Crippen LogP contribution in [0.25, 0.3) is 0 Å². The van der Waals surface area contributed by atoms with Gasteiger partial charge in [0.15, 0.2) is 0 Å². The van der Waals surface area contributed by atoms with Crippen molar-refractivity contribution < 1.29 is 12.8 Å². The van der Waals surface area contributed by atoms with Crippen molar-refractivity contribution in [1.82, 2.24) is 4.31 Å². The summed E-state index contributed by atoms with van der Waals surface area (Å²) in [4.78, 5) is -0.299. The predicted octanol–water partition coefficient (Wildman–Crippen LogP) is 2.86. The van der Waals surface area contributed by atoms with Gasteiger partial charge in [-0.3, -0.25) is 0 Å². The van der Waals surface area contributed by atoms with Gasteiger partial charge in [-0.2, -0.15) is 4.31 Å². The molecule has 0 aromatic heterocycles. The van der Waals surface area contributed by atoms with Gasteiger partial charge in [-0.1, -0.05) is 15.9 Å². The fraction of sp³-hybridized carbons (Fsp3) is 0.571. The fourth-order valence-corrected chi connectivity index (χ4v) is 4.73. The van der Waals surface area contributed by atoms with E-state index in [2.05, 4.69) is 15.9 Å². The smallest absolute Gasteiger partial charge is 0.246 e. The van der Waals surface area contributed by atoms with E-state index >= 15 is 0 Å². The number of sulfonamides is 1. The Balaban J connectivity index is 2.48. The monoisotopic (exact) mass is 378 g/mol. The van der Waals surface area contributed by atoms with Crippen molar-refractivity contribution in [3.63, 3.8) is 0 Å². The van der Waals surface area contributed by atoms with E-state index in [1.807, 2.05) is 0 Å². The van der Waals surface area contributed by atoms with E-state index in [1.54, 1.807) is 13.8 Å². The van der Waals surface area contributed by atoms with Gasteiger partial charge in [-0.25, -0.2) is 12.8 Å². The van der Waals surface area contributed by atoms with Crippen molar-refractivity contribution in [3.05, 3.63) is 28.0 Å². The largest absolute Gasteiger partial charge is 0.326 e. The van der Waals surface area contributed by atoms with E-state index in [9.17, 15) is 12.8 Å². The number of benzene rings is 1. The maximum absolute atomic E-state index is 14.4. The summed E-state index contributed by atoms with van der Waals surface area (Å²) in [5, 5.41) is 0. The third kappa shape index (κ3) is 3.64. The molecule has 0 aliphatic heterocycles. The molecule has 1 fully saturated rings. The van der Waals surface area contributed by atoms with Crippen molar-refractivity contribution in [1.29, 1.82) is 0 Å². The van der Waals surface area contributed by atoms with Crippen molar-refractivity contribution in [2.45, 2.75) is 44.2 Å². The van der Waals surface area contributed by atoms with Gasteiger partial charge in [0.05, 0.1) is 0 Å². The molecule has 1 aliphatic rings. The second kappa shape index (κ2) is 6.32. The number of halogens is 2. The lowest BCUT2D eigenvalue weighted by Gasteiger charge is -2.26. The number of hydrogen-bond donors (Lipinski definition) is 1. The molecule has 0 spiro atoms. The molecule has 0 heterocycles. The summed E-state index contributed by atoms with van der Waals surface area (Å²) >= 11 is 3.22. The molecular formula is C14H20BrFN2O2S. The van der Waals surface area contributed by atoms with E-state index in [0.717, 1.165) is 12.8 Å². The molecular weight excluding hydrogens is 359 g/mol. The van der Waals surface area contributed by atoms with Crippen LogP contribution >= 0.6 is 15.9 Å². The molecule has 0 unspecified atom stereocenters. The highest BCUT2D eigenvalue weighted by Gasteiger charge is 2.35. The third-order valence-corrected chi connectivity index (χ3v) is 6.10. The first-order chi connectivity index (χ1) is 9.77. The highest BCUT2D eigenvalue weighted by atomic mass is 79.9. The second-order valence-electron chi connectivity index (χ2n) is 5.69. The maximum atomic E-state index is 14.4. The molecule has 2 N–H and O–H groups in total. The topological polar surface area (TPSA) is 63.4 Å². The van der Waals surface area contributed by atoms with Crippen LogP contribution in [0.15, 0.2) is 21.5 Å². The van der Waals surface area contributed by atoms with Gasteiger partial charge in [0.1, 0.15) is 10.7 Å².